The summed E-state index contributed by atoms with van der Waals surface area (Å²) in [5, 5.41) is 5.77. The van der Waals surface area contributed by atoms with Crippen LogP contribution in [-0.2, 0) is 9.53 Å². The van der Waals surface area contributed by atoms with Gasteiger partial charge in [-0.3, -0.25) is 4.79 Å². The van der Waals surface area contributed by atoms with E-state index in [9.17, 15) is 9.18 Å². The highest BCUT2D eigenvalue weighted by Crippen LogP contribution is 2.37. The predicted octanol–water partition coefficient (Wildman–Crippen LogP) is 2.70. The Balaban J connectivity index is 1.89. The first-order valence-corrected chi connectivity index (χ1v) is 7.17. The number of rotatable bonds is 4. The van der Waals surface area contributed by atoms with E-state index in [4.69, 9.17) is 4.74 Å². The van der Waals surface area contributed by atoms with Gasteiger partial charge in [-0.15, -0.1) is 0 Å². The van der Waals surface area contributed by atoms with Crippen molar-refractivity contribution in [2.45, 2.75) is 51.4 Å². The Morgan fingerprint density at radius 3 is 2.57 bits per heavy atom. The number of para-hydroxylation sites is 1. The lowest BCUT2D eigenvalue weighted by molar-refractivity contribution is -0.115. The highest BCUT2D eigenvalue weighted by molar-refractivity contribution is 5.92. The quantitative estimate of drug-likeness (QED) is 0.897. The van der Waals surface area contributed by atoms with E-state index in [1.165, 1.54) is 6.07 Å². The highest BCUT2D eigenvalue weighted by Gasteiger charge is 2.45. The van der Waals surface area contributed by atoms with E-state index < -0.39 is 5.82 Å². The van der Waals surface area contributed by atoms with Crippen LogP contribution in [-0.4, -0.2) is 29.7 Å². The molecule has 1 aromatic rings. The minimum Gasteiger partial charge on any atom is -0.368 e. The molecule has 1 amide bonds. The number of carbonyl (C=O) groups excluding carboxylic acids is 1. The summed E-state index contributed by atoms with van der Waals surface area (Å²) in [6.45, 7) is 8.22. The monoisotopic (exact) mass is 294 g/mol. The van der Waals surface area contributed by atoms with E-state index in [1.807, 2.05) is 27.7 Å². The number of hydrogen-bond acceptors (Lipinski definition) is 3. The fraction of sp³-hybridized carbons (Fsp3) is 0.562. The van der Waals surface area contributed by atoms with Gasteiger partial charge < -0.3 is 15.4 Å². The first-order chi connectivity index (χ1) is 9.70. The van der Waals surface area contributed by atoms with Crippen molar-refractivity contribution in [3.8, 4) is 0 Å². The van der Waals surface area contributed by atoms with E-state index in [0.717, 1.165) is 6.42 Å². The van der Waals surface area contributed by atoms with Crippen LogP contribution in [0, 0.1) is 5.82 Å². The third kappa shape index (κ3) is 4.02. The van der Waals surface area contributed by atoms with Crippen molar-refractivity contribution in [2.75, 3.05) is 11.9 Å². The first kappa shape index (κ1) is 15.9. The molecule has 1 atom stereocenters. The smallest absolute Gasteiger partial charge is 0.238 e. The highest BCUT2D eigenvalue weighted by atomic mass is 19.1. The summed E-state index contributed by atoms with van der Waals surface area (Å²) in [7, 11) is 0. The molecule has 0 radical (unpaired) electrons. The normalized spacial score (nSPS) is 23.0. The van der Waals surface area contributed by atoms with Crippen LogP contribution in [0.4, 0.5) is 10.1 Å². The molecule has 1 aliphatic rings. The van der Waals surface area contributed by atoms with Crippen LogP contribution in [0.2, 0.25) is 0 Å². The van der Waals surface area contributed by atoms with Crippen molar-refractivity contribution < 1.29 is 13.9 Å². The summed E-state index contributed by atoms with van der Waals surface area (Å²) >= 11 is 0. The largest absolute Gasteiger partial charge is 0.368 e. The third-order valence-corrected chi connectivity index (χ3v) is 3.73. The average molecular weight is 294 g/mol. The maximum Gasteiger partial charge on any atom is 0.238 e. The Kier molecular flexibility index (Phi) is 4.35. The lowest BCUT2D eigenvalue weighted by atomic mass is 9.94. The summed E-state index contributed by atoms with van der Waals surface area (Å²) in [5.41, 5.74) is -0.336. The Labute approximate surface area is 125 Å². The standard InChI is InChI=1S/C16H23FN2O2/c1-15(2)9-13(16(3,4)21-15)18-10-14(20)19-12-8-6-5-7-11(12)17/h5-8,13,18H,9-10H2,1-4H3,(H,19,20). The van der Waals surface area contributed by atoms with Gasteiger partial charge in [-0.05, 0) is 46.2 Å². The van der Waals surface area contributed by atoms with Crippen LogP contribution in [0.3, 0.4) is 0 Å². The van der Waals surface area contributed by atoms with Crippen molar-refractivity contribution in [1.29, 1.82) is 0 Å². The van der Waals surface area contributed by atoms with Crippen LogP contribution in [0.25, 0.3) is 0 Å². The van der Waals surface area contributed by atoms with Gasteiger partial charge in [0.25, 0.3) is 0 Å². The average Bonchev–Trinajstić information content (AvgIpc) is 2.57. The van der Waals surface area contributed by atoms with Crippen LogP contribution in [0.1, 0.15) is 34.1 Å². The predicted molar refractivity (Wildman–Crippen MR) is 80.7 cm³/mol. The fourth-order valence-corrected chi connectivity index (χ4v) is 2.85. The molecule has 1 fully saturated rings. The maximum atomic E-state index is 13.5. The molecular formula is C16H23FN2O2. The summed E-state index contributed by atoms with van der Waals surface area (Å²) in [6, 6.07) is 6.21. The van der Waals surface area contributed by atoms with E-state index in [1.54, 1.807) is 18.2 Å². The number of amides is 1. The van der Waals surface area contributed by atoms with Crippen molar-refractivity contribution >= 4 is 11.6 Å². The minimum atomic E-state index is -0.434. The lowest BCUT2D eigenvalue weighted by Gasteiger charge is -2.27. The first-order valence-electron chi connectivity index (χ1n) is 7.17. The summed E-state index contributed by atoms with van der Waals surface area (Å²) in [4.78, 5) is 11.9. The molecule has 1 saturated heterocycles. The zero-order chi connectivity index (χ0) is 15.7. The molecule has 0 bridgehead atoms. The molecule has 1 aromatic carbocycles. The van der Waals surface area contributed by atoms with Crippen LogP contribution in [0.5, 0.6) is 0 Å². The topological polar surface area (TPSA) is 50.4 Å². The summed E-state index contributed by atoms with van der Waals surface area (Å²) < 4.78 is 19.4. The molecule has 2 rings (SSSR count). The van der Waals surface area contributed by atoms with Crippen molar-refractivity contribution in [3.05, 3.63) is 30.1 Å². The van der Waals surface area contributed by atoms with Crippen molar-refractivity contribution in [1.82, 2.24) is 5.32 Å². The molecule has 0 saturated carbocycles. The van der Waals surface area contributed by atoms with Crippen molar-refractivity contribution in [2.24, 2.45) is 0 Å². The summed E-state index contributed by atoms with van der Waals surface area (Å²) in [6.07, 6.45) is 0.826. The van der Waals surface area contributed by atoms with Gasteiger partial charge in [0.15, 0.2) is 0 Å². The van der Waals surface area contributed by atoms with E-state index >= 15 is 0 Å². The molecule has 2 N–H and O–H groups in total. The summed E-state index contributed by atoms with van der Waals surface area (Å²) in [5.74, 6) is -0.697. The van der Waals surface area contributed by atoms with Gasteiger partial charge in [0.1, 0.15) is 5.82 Å². The number of benzene rings is 1. The second-order valence-corrected chi connectivity index (χ2v) is 6.63. The Hall–Kier alpha value is -1.46. The van der Waals surface area contributed by atoms with E-state index in [2.05, 4.69) is 10.6 Å². The van der Waals surface area contributed by atoms with Crippen LogP contribution >= 0.6 is 0 Å². The zero-order valence-electron chi connectivity index (χ0n) is 13.0. The van der Waals surface area contributed by atoms with Crippen LogP contribution in [0.15, 0.2) is 24.3 Å². The van der Waals surface area contributed by atoms with Gasteiger partial charge in [0.2, 0.25) is 5.91 Å². The van der Waals surface area contributed by atoms with Gasteiger partial charge in [-0.25, -0.2) is 4.39 Å². The maximum absolute atomic E-state index is 13.5. The van der Waals surface area contributed by atoms with Gasteiger partial charge >= 0.3 is 0 Å². The van der Waals surface area contributed by atoms with E-state index in [0.29, 0.717) is 0 Å². The molecule has 21 heavy (non-hydrogen) atoms. The van der Waals surface area contributed by atoms with Gasteiger partial charge in [0, 0.05) is 6.04 Å². The molecule has 1 unspecified atom stereocenters. The number of ether oxygens (including phenoxy) is 1. The number of halogens is 1. The molecule has 0 aliphatic carbocycles. The molecule has 1 heterocycles. The Bertz CT molecular complexity index is 529. The molecule has 116 valence electrons. The lowest BCUT2D eigenvalue weighted by Crippen LogP contribution is -2.46. The number of anilines is 1. The third-order valence-electron chi connectivity index (χ3n) is 3.73. The number of nitrogens with one attached hydrogen (secondary N) is 2. The van der Waals surface area contributed by atoms with Gasteiger partial charge in [-0.1, -0.05) is 12.1 Å². The van der Waals surface area contributed by atoms with Crippen molar-refractivity contribution in [3.63, 3.8) is 0 Å². The SMILES string of the molecule is CC1(C)CC(NCC(=O)Nc2ccccc2F)C(C)(C)O1. The van der Waals surface area contributed by atoms with Gasteiger partial charge in [-0.2, -0.15) is 0 Å². The molecule has 5 heteroatoms. The second-order valence-electron chi connectivity index (χ2n) is 6.63. The molecule has 4 nitrogen and oxygen atoms in total. The Morgan fingerprint density at radius 2 is 2.00 bits per heavy atom. The Morgan fingerprint density at radius 1 is 1.33 bits per heavy atom. The minimum absolute atomic E-state index is 0.0823. The molecular weight excluding hydrogens is 271 g/mol. The van der Waals surface area contributed by atoms with E-state index in [-0.39, 0.29) is 35.4 Å². The number of carbonyl (C=O) groups is 1. The van der Waals surface area contributed by atoms with Crippen LogP contribution < -0.4 is 10.6 Å². The second kappa shape index (κ2) is 5.73. The van der Waals surface area contributed by atoms with Gasteiger partial charge in [0.05, 0.1) is 23.4 Å². The molecule has 1 aliphatic heterocycles. The number of hydrogen-bond donors (Lipinski definition) is 2. The fourth-order valence-electron chi connectivity index (χ4n) is 2.85. The zero-order valence-corrected chi connectivity index (χ0v) is 13.0. The molecule has 0 spiro atoms. The molecule has 0 aromatic heterocycles.